The van der Waals surface area contributed by atoms with E-state index in [0.717, 1.165) is 17.8 Å². The molecule has 0 aliphatic heterocycles. The van der Waals surface area contributed by atoms with E-state index in [1.807, 2.05) is 43.5 Å². The van der Waals surface area contributed by atoms with E-state index in [4.69, 9.17) is 11.6 Å². The number of benzene rings is 1. The van der Waals surface area contributed by atoms with Crippen LogP contribution in [-0.2, 0) is 6.54 Å². The van der Waals surface area contributed by atoms with Gasteiger partial charge < -0.3 is 0 Å². The minimum atomic E-state index is -0.121. The third-order valence-corrected chi connectivity index (χ3v) is 3.61. The van der Waals surface area contributed by atoms with Crippen molar-refractivity contribution in [2.75, 3.05) is 0 Å². The second-order valence-corrected chi connectivity index (χ2v) is 5.09. The average molecular weight is 304 g/mol. The van der Waals surface area contributed by atoms with E-state index >= 15 is 0 Å². The molecular weight excluding hydrogens is 290 g/mol. The van der Waals surface area contributed by atoms with Crippen molar-refractivity contribution in [3.05, 3.63) is 48.0 Å². The molecule has 0 amide bonds. The fourth-order valence-electron chi connectivity index (χ4n) is 1.96. The molecule has 1 unspecified atom stereocenters. The first-order chi connectivity index (χ1) is 10.3. The van der Waals surface area contributed by atoms with Gasteiger partial charge in [0.05, 0.1) is 17.3 Å². The number of halogens is 1. The van der Waals surface area contributed by atoms with Crippen molar-refractivity contribution in [3.8, 4) is 5.69 Å². The topological polar surface area (TPSA) is 74.3 Å². The fraction of sp³-hybridized carbons (Fsp3) is 0.308. The zero-order chi connectivity index (χ0) is 14.7. The van der Waals surface area contributed by atoms with Crippen molar-refractivity contribution in [2.24, 2.45) is 0 Å². The second kappa shape index (κ2) is 6.01. The van der Waals surface area contributed by atoms with Crippen LogP contribution in [0.25, 0.3) is 5.69 Å². The summed E-state index contributed by atoms with van der Waals surface area (Å²) in [4.78, 5) is 0. The summed E-state index contributed by atoms with van der Waals surface area (Å²) in [7, 11) is 0. The fourth-order valence-corrected chi connectivity index (χ4v) is 2.06. The number of rotatable bonds is 5. The van der Waals surface area contributed by atoms with Crippen LogP contribution in [0, 0.1) is 0 Å². The molecule has 0 radical (unpaired) electrons. The van der Waals surface area contributed by atoms with Gasteiger partial charge in [0.15, 0.2) is 5.82 Å². The zero-order valence-electron chi connectivity index (χ0n) is 11.5. The highest BCUT2D eigenvalue weighted by atomic mass is 35.5. The number of aromatic nitrogens is 7. The summed E-state index contributed by atoms with van der Waals surface area (Å²) in [5, 5.41) is 19.8. The lowest BCUT2D eigenvalue weighted by atomic mass is 10.3. The van der Waals surface area contributed by atoms with Crippen LogP contribution in [0.15, 0.2) is 36.5 Å². The summed E-state index contributed by atoms with van der Waals surface area (Å²) < 4.78 is 3.37. The lowest BCUT2D eigenvalue weighted by molar-refractivity contribution is 0.609. The molecule has 2 aromatic heterocycles. The molecule has 2 heterocycles. The highest BCUT2D eigenvalue weighted by Crippen LogP contribution is 2.20. The number of para-hydroxylation sites is 1. The molecule has 7 nitrogen and oxygen atoms in total. The molecule has 21 heavy (non-hydrogen) atoms. The monoisotopic (exact) mass is 303 g/mol. The lowest BCUT2D eigenvalue weighted by Gasteiger charge is -2.03. The summed E-state index contributed by atoms with van der Waals surface area (Å²) in [5.41, 5.74) is 1.67. The van der Waals surface area contributed by atoms with Crippen molar-refractivity contribution in [1.29, 1.82) is 0 Å². The normalized spacial score (nSPS) is 12.5. The van der Waals surface area contributed by atoms with E-state index < -0.39 is 0 Å². The van der Waals surface area contributed by atoms with E-state index in [1.165, 1.54) is 0 Å². The molecule has 3 aromatic rings. The molecule has 0 saturated heterocycles. The van der Waals surface area contributed by atoms with E-state index in [-0.39, 0.29) is 5.38 Å². The van der Waals surface area contributed by atoms with E-state index in [2.05, 4.69) is 25.8 Å². The quantitative estimate of drug-likeness (QED) is 0.674. The third-order valence-electron chi connectivity index (χ3n) is 3.07. The number of tetrazole rings is 1. The number of alkyl halides is 1. The smallest absolute Gasteiger partial charge is 0.178 e. The van der Waals surface area contributed by atoms with Gasteiger partial charge in [0.1, 0.15) is 12.2 Å². The van der Waals surface area contributed by atoms with Crippen molar-refractivity contribution >= 4 is 11.6 Å². The first-order valence-corrected chi connectivity index (χ1v) is 7.08. The maximum Gasteiger partial charge on any atom is 0.178 e. The van der Waals surface area contributed by atoms with Crippen LogP contribution < -0.4 is 0 Å². The summed E-state index contributed by atoms with van der Waals surface area (Å²) in [6.07, 6.45) is 2.63. The molecule has 3 rings (SSSR count). The zero-order valence-corrected chi connectivity index (χ0v) is 12.2. The van der Waals surface area contributed by atoms with E-state index in [1.54, 1.807) is 9.36 Å². The number of hydrogen-bond donors (Lipinski definition) is 0. The van der Waals surface area contributed by atoms with Gasteiger partial charge >= 0.3 is 0 Å². The maximum atomic E-state index is 6.15. The summed E-state index contributed by atoms with van der Waals surface area (Å²) in [6.45, 7) is 2.44. The predicted octanol–water partition coefficient (Wildman–Crippen LogP) is 1.99. The van der Waals surface area contributed by atoms with E-state index in [0.29, 0.717) is 12.4 Å². The van der Waals surface area contributed by atoms with Crippen molar-refractivity contribution in [2.45, 2.75) is 25.3 Å². The van der Waals surface area contributed by atoms with Crippen molar-refractivity contribution in [1.82, 2.24) is 35.2 Å². The molecule has 0 spiro atoms. The van der Waals surface area contributed by atoms with Crippen LogP contribution in [0.5, 0.6) is 0 Å². The van der Waals surface area contributed by atoms with Gasteiger partial charge in [-0.3, -0.25) is 0 Å². The van der Waals surface area contributed by atoms with Gasteiger partial charge in [-0.05, 0) is 29.0 Å². The predicted molar refractivity (Wildman–Crippen MR) is 77.2 cm³/mol. The van der Waals surface area contributed by atoms with Crippen molar-refractivity contribution in [3.63, 3.8) is 0 Å². The third kappa shape index (κ3) is 2.92. The molecule has 8 heteroatoms. The SMILES string of the molecule is CCC(Cl)c1cn(Cc2nnnn2-c2ccccc2)nn1. The number of hydrogen-bond acceptors (Lipinski definition) is 5. The molecule has 0 saturated carbocycles. The van der Waals surface area contributed by atoms with Gasteiger partial charge in [0, 0.05) is 0 Å². The Labute approximate surface area is 126 Å². The molecule has 0 aliphatic carbocycles. The van der Waals surface area contributed by atoms with Crippen LogP contribution in [0.1, 0.15) is 30.2 Å². The van der Waals surface area contributed by atoms with Gasteiger partial charge in [0.2, 0.25) is 0 Å². The highest BCUT2D eigenvalue weighted by molar-refractivity contribution is 6.20. The Hall–Kier alpha value is -2.28. The molecule has 108 valence electrons. The highest BCUT2D eigenvalue weighted by Gasteiger charge is 2.13. The lowest BCUT2D eigenvalue weighted by Crippen LogP contribution is -2.09. The van der Waals surface area contributed by atoms with E-state index in [9.17, 15) is 0 Å². The molecular formula is C13H14ClN7. The Bertz CT molecular complexity index is 706. The molecule has 1 atom stereocenters. The second-order valence-electron chi connectivity index (χ2n) is 4.56. The Morgan fingerprint density at radius 1 is 1.14 bits per heavy atom. The van der Waals surface area contributed by atoms with Gasteiger partial charge in [-0.25, -0.2) is 4.68 Å². The summed E-state index contributed by atoms with van der Waals surface area (Å²) >= 11 is 6.15. The van der Waals surface area contributed by atoms with Crippen LogP contribution in [0.2, 0.25) is 0 Å². The van der Waals surface area contributed by atoms with Crippen LogP contribution in [0.3, 0.4) is 0 Å². The van der Waals surface area contributed by atoms with Gasteiger partial charge in [-0.15, -0.1) is 21.8 Å². The van der Waals surface area contributed by atoms with Crippen LogP contribution >= 0.6 is 11.6 Å². The minimum absolute atomic E-state index is 0.121. The van der Waals surface area contributed by atoms with Gasteiger partial charge in [0.25, 0.3) is 0 Å². The standard InChI is InChI=1S/C13H14ClN7/c1-2-11(14)12-8-20(18-15-12)9-13-16-17-19-21(13)10-6-4-3-5-7-10/h3-8,11H,2,9H2,1H3. The Balaban J connectivity index is 1.83. The Morgan fingerprint density at radius 3 is 2.71 bits per heavy atom. The Kier molecular flexibility index (Phi) is 3.92. The van der Waals surface area contributed by atoms with Gasteiger partial charge in [-0.1, -0.05) is 30.3 Å². The summed E-state index contributed by atoms with van der Waals surface area (Å²) in [5.74, 6) is 0.681. The molecule has 1 aromatic carbocycles. The van der Waals surface area contributed by atoms with Crippen molar-refractivity contribution < 1.29 is 0 Å². The largest absolute Gasteiger partial charge is 0.244 e. The Morgan fingerprint density at radius 2 is 1.95 bits per heavy atom. The molecule has 0 bridgehead atoms. The first kappa shape index (κ1) is 13.7. The molecule has 0 fully saturated rings. The van der Waals surface area contributed by atoms with Crippen LogP contribution in [-0.4, -0.2) is 35.2 Å². The van der Waals surface area contributed by atoms with Gasteiger partial charge in [-0.2, -0.15) is 4.68 Å². The number of nitrogens with zero attached hydrogens (tertiary/aromatic N) is 7. The van der Waals surface area contributed by atoms with Crippen LogP contribution in [0.4, 0.5) is 0 Å². The molecule has 0 N–H and O–H groups in total. The summed E-state index contributed by atoms with van der Waals surface area (Å²) in [6, 6.07) is 9.71. The average Bonchev–Trinajstić information content (AvgIpc) is 3.17. The first-order valence-electron chi connectivity index (χ1n) is 6.64. The maximum absolute atomic E-state index is 6.15. The molecule has 0 aliphatic rings. The minimum Gasteiger partial charge on any atom is -0.244 e.